The van der Waals surface area contributed by atoms with Crippen molar-refractivity contribution in [1.29, 1.82) is 0 Å². The van der Waals surface area contributed by atoms with Crippen LogP contribution in [0, 0.1) is 10.1 Å². The van der Waals surface area contributed by atoms with Gasteiger partial charge in [-0.15, -0.1) is 0 Å². The number of carbonyl (C=O) groups is 2. The largest absolute Gasteiger partial charge is 0.352 e. The van der Waals surface area contributed by atoms with E-state index in [2.05, 4.69) is 5.32 Å². The lowest BCUT2D eigenvalue weighted by atomic mass is 9.95. The van der Waals surface area contributed by atoms with Gasteiger partial charge in [0.15, 0.2) is 0 Å². The van der Waals surface area contributed by atoms with Gasteiger partial charge in [0.25, 0.3) is 5.69 Å². The first kappa shape index (κ1) is 23.4. The minimum Gasteiger partial charge on any atom is -0.352 e. The van der Waals surface area contributed by atoms with Crippen molar-refractivity contribution in [3.63, 3.8) is 0 Å². The predicted molar refractivity (Wildman–Crippen MR) is 123 cm³/mol. The van der Waals surface area contributed by atoms with Crippen molar-refractivity contribution in [2.45, 2.75) is 70.5 Å². The van der Waals surface area contributed by atoms with Crippen LogP contribution in [-0.2, 0) is 22.6 Å². The number of nitrogens with one attached hydrogen (secondary N) is 1. The van der Waals surface area contributed by atoms with E-state index in [0.29, 0.717) is 12.0 Å². The fraction of sp³-hybridized carbons (Fsp3) is 0.440. The van der Waals surface area contributed by atoms with Gasteiger partial charge in [0, 0.05) is 24.2 Å². The molecule has 1 fully saturated rings. The van der Waals surface area contributed by atoms with E-state index in [9.17, 15) is 19.7 Å². The Labute approximate surface area is 189 Å². The number of nitro groups is 1. The molecule has 1 N–H and O–H groups in total. The Hall–Kier alpha value is -3.22. The van der Waals surface area contributed by atoms with Crippen LogP contribution in [0.25, 0.3) is 0 Å². The predicted octanol–water partition coefficient (Wildman–Crippen LogP) is 4.39. The van der Waals surface area contributed by atoms with Crippen molar-refractivity contribution in [2.24, 2.45) is 0 Å². The lowest BCUT2D eigenvalue weighted by Crippen LogP contribution is -2.52. The summed E-state index contributed by atoms with van der Waals surface area (Å²) in [5.41, 5.74) is 1.18. The van der Waals surface area contributed by atoms with Gasteiger partial charge in [0.1, 0.15) is 6.04 Å². The first-order chi connectivity index (χ1) is 15.5. The van der Waals surface area contributed by atoms with Crippen LogP contribution in [0.1, 0.15) is 56.6 Å². The summed E-state index contributed by atoms with van der Waals surface area (Å²) in [4.78, 5) is 39.1. The normalized spacial score (nSPS) is 15.0. The molecule has 1 aliphatic rings. The smallest absolute Gasteiger partial charge is 0.273 e. The summed E-state index contributed by atoms with van der Waals surface area (Å²) < 4.78 is 0. The van der Waals surface area contributed by atoms with Crippen molar-refractivity contribution in [3.05, 3.63) is 75.8 Å². The zero-order chi connectivity index (χ0) is 22.9. The Bertz CT molecular complexity index is 926. The molecule has 1 aliphatic carbocycles. The third kappa shape index (κ3) is 6.15. The van der Waals surface area contributed by atoms with Gasteiger partial charge in [-0.1, -0.05) is 74.7 Å². The van der Waals surface area contributed by atoms with Crippen molar-refractivity contribution < 1.29 is 14.5 Å². The summed E-state index contributed by atoms with van der Waals surface area (Å²) in [5.74, 6) is -0.444. The first-order valence-electron chi connectivity index (χ1n) is 11.4. The molecule has 3 rings (SSSR count). The van der Waals surface area contributed by atoms with E-state index in [-0.39, 0.29) is 36.5 Å². The molecule has 7 nitrogen and oxygen atoms in total. The third-order valence-corrected chi connectivity index (χ3v) is 6.06. The van der Waals surface area contributed by atoms with Gasteiger partial charge in [-0.3, -0.25) is 19.7 Å². The van der Waals surface area contributed by atoms with Crippen LogP contribution >= 0.6 is 0 Å². The zero-order valence-corrected chi connectivity index (χ0v) is 18.5. The number of nitrogens with zero attached hydrogens (tertiary/aromatic N) is 2. The highest BCUT2D eigenvalue weighted by Gasteiger charge is 2.31. The van der Waals surface area contributed by atoms with Crippen LogP contribution in [0.5, 0.6) is 0 Å². The van der Waals surface area contributed by atoms with Crippen LogP contribution in [0.15, 0.2) is 54.6 Å². The molecule has 0 radical (unpaired) electrons. The molecule has 2 aromatic carbocycles. The molecular formula is C25H31N3O4. The maximum absolute atomic E-state index is 13.4. The Morgan fingerprint density at radius 1 is 1.06 bits per heavy atom. The molecule has 1 saturated carbocycles. The molecule has 32 heavy (non-hydrogen) atoms. The Kier molecular flexibility index (Phi) is 8.36. The number of benzene rings is 2. The monoisotopic (exact) mass is 437 g/mol. The second-order valence-electron chi connectivity index (χ2n) is 8.34. The summed E-state index contributed by atoms with van der Waals surface area (Å²) in [7, 11) is 0. The molecule has 0 aromatic heterocycles. The summed E-state index contributed by atoms with van der Waals surface area (Å²) in [6.45, 7) is 2.16. The molecule has 2 amide bonds. The SMILES string of the molecule is CC[C@@H](C(=O)NC1CCCCC1)N(Cc1ccccc1)C(=O)Cc1ccccc1[N+](=O)[O-]. The highest BCUT2D eigenvalue weighted by atomic mass is 16.6. The molecule has 2 aromatic rings. The van der Waals surface area contributed by atoms with Crippen molar-refractivity contribution in [1.82, 2.24) is 10.2 Å². The molecule has 0 bridgehead atoms. The summed E-state index contributed by atoms with van der Waals surface area (Å²) >= 11 is 0. The fourth-order valence-corrected chi connectivity index (χ4v) is 4.35. The second-order valence-corrected chi connectivity index (χ2v) is 8.34. The average Bonchev–Trinajstić information content (AvgIpc) is 2.80. The second kappa shape index (κ2) is 11.4. The minimum absolute atomic E-state index is 0.0831. The fourth-order valence-electron chi connectivity index (χ4n) is 4.35. The van der Waals surface area contributed by atoms with E-state index in [1.807, 2.05) is 37.3 Å². The number of hydrogen-bond acceptors (Lipinski definition) is 4. The Balaban J connectivity index is 1.83. The highest BCUT2D eigenvalue weighted by molar-refractivity contribution is 5.89. The van der Waals surface area contributed by atoms with Crippen LogP contribution in [0.2, 0.25) is 0 Å². The van der Waals surface area contributed by atoms with Gasteiger partial charge < -0.3 is 10.2 Å². The van der Waals surface area contributed by atoms with Crippen LogP contribution in [0.4, 0.5) is 5.69 Å². The van der Waals surface area contributed by atoms with E-state index in [1.165, 1.54) is 12.5 Å². The zero-order valence-electron chi connectivity index (χ0n) is 18.5. The minimum atomic E-state index is -0.632. The van der Waals surface area contributed by atoms with Crippen molar-refractivity contribution >= 4 is 17.5 Å². The summed E-state index contributed by atoms with van der Waals surface area (Å²) in [6, 6.07) is 15.3. The number of nitro benzene ring substituents is 1. The molecule has 0 unspecified atom stereocenters. The van der Waals surface area contributed by atoms with Crippen LogP contribution in [-0.4, -0.2) is 33.7 Å². The van der Waals surface area contributed by atoms with Gasteiger partial charge >= 0.3 is 0 Å². The molecule has 1 atom stereocenters. The molecule has 0 aliphatic heterocycles. The van der Waals surface area contributed by atoms with Gasteiger partial charge in [-0.25, -0.2) is 0 Å². The van der Waals surface area contributed by atoms with E-state index >= 15 is 0 Å². The number of rotatable bonds is 9. The van der Waals surface area contributed by atoms with Gasteiger partial charge in [-0.05, 0) is 24.8 Å². The summed E-state index contributed by atoms with van der Waals surface area (Å²) in [6.07, 6.45) is 5.66. The van der Waals surface area contributed by atoms with E-state index in [0.717, 1.165) is 31.2 Å². The number of para-hydroxylation sites is 1. The van der Waals surface area contributed by atoms with Crippen molar-refractivity contribution in [2.75, 3.05) is 0 Å². The summed E-state index contributed by atoms with van der Waals surface area (Å²) in [5, 5.41) is 14.5. The average molecular weight is 438 g/mol. The van der Waals surface area contributed by atoms with Crippen molar-refractivity contribution in [3.8, 4) is 0 Å². The number of amides is 2. The Morgan fingerprint density at radius 2 is 1.72 bits per heavy atom. The number of hydrogen-bond donors (Lipinski definition) is 1. The van der Waals surface area contributed by atoms with E-state index < -0.39 is 11.0 Å². The topological polar surface area (TPSA) is 92.6 Å². The van der Waals surface area contributed by atoms with Crippen LogP contribution < -0.4 is 5.32 Å². The molecule has 0 saturated heterocycles. The van der Waals surface area contributed by atoms with Gasteiger partial charge in [0.2, 0.25) is 11.8 Å². The maximum atomic E-state index is 13.4. The van der Waals surface area contributed by atoms with E-state index in [4.69, 9.17) is 0 Å². The standard InChI is InChI=1S/C25H31N3O4/c1-2-22(25(30)26-21-14-7-4-8-15-21)27(18-19-11-5-3-6-12-19)24(29)17-20-13-9-10-16-23(20)28(31)32/h3,5-6,9-13,16,21-22H,2,4,7-8,14-15,17-18H2,1H3,(H,26,30)/t22-/m0/s1. The maximum Gasteiger partial charge on any atom is 0.273 e. The van der Waals surface area contributed by atoms with E-state index in [1.54, 1.807) is 23.1 Å². The van der Waals surface area contributed by atoms with Gasteiger partial charge in [-0.2, -0.15) is 0 Å². The van der Waals surface area contributed by atoms with Crippen LogP contribution in [0.3, 0.4) is 0 Å². The molecule has 0 heterocycles. The molecule has 170 valence electrons. The lowest BCUT2D eigenvalue weighted by molar-refractivity contribution is -0.385. The first-order valence-corrected chi connectivity index (χ1v) is 11.4. The quantitative estimate of drug-likeness (QED) is 0.465. The molecular weight excluding hydrogens is 406 g/mol. The van der Waals surface area contributed by atoms with Gasteiger partial charge in [0.05, 0.1) is 11.3 Å². The molecule has 7 heteroatoms. The Morgan fingerprint density at radius 3 is 2.38 bits per heavy atom. The molecule has 0 spiro atoms. The highest BCUT2D eigenvalue weighted by Crippen LogP contribution is 2.22. The number of carbonyl (C=O) groups excluding carboxylic acids is 2. The lowest BCUT2D eigenvalue weighted by Gasteiger charge is -2.33. The third-order valence-electron chi connectivity index (χ3n) is 6.06.